The van der Waals surface area contributed by atoms with E-state index in [1.54, 1.807) is 6.08 Å². The molecule has 0 rings (SSSR count). The number of hydrogen-bond acceptors (Lipinski definition) is 3. The van der Waals surface area contributed by atoms with Gasteiger partial charge in [0, 0.05) is 12.8 Å². The second kappa shape index (κ2) is 5.81. The Balaban J connectivity index is 4.36. The van der Waals surface area contributed by atoms with Crippen LogP contribution in [0, 0.1) is 39.4 Å². The van der Waals surface area contributed by atoms with E-state index in [0.717, 1.165) is 0 Å². The molecule has 0 spiro atoms. The fourth-order valence-corrected chi connectivity index (χ4v) is 1.04. The van der Waals surface area contributed by atoms with E-state index in [2.05, 4.69) is 12.6 Å². The zero-order valence-corrected chi connectivity index (χ0v) is 7.45. The smallest absolute Gasteiger partial charge is 0.0770 e. The normalized spacial score (nSPS) is 9.31. The number of rotatable bonds is 5. The van der Waals surface area contributed by atoms with Gasteiger partial charge in [-0.05, 0) is 12.8 Å². The molecule has 0 amide bonds. The molecule has 13 heavy (non-hydrogen) atoms. The van der Waals surface area contributed by atoms with E-state index >= 15 is 0 Å². The topological polar surface area (TPSA) is 71.4 Å². The van der Waals surface area contributed by atoms with E-state index in [4.69, 9.17) is 15.8 Å². The van der Waals surface area contributed by atoms with E-state index in [1.807, 2.05) is 12.1 Å². The molecule has 0 unspecified atom stereocenters. The molecule has 0 aromatic heterocycles. The summed E-state index contributed by atoms with van der Waals surface area (Å²) in [6, 6.07) is 6.09. The van der Waals surface area contributed by atoms with Crippen molar-refractivity contribution in [1.29, 1.82) is 15.8 Å². The van der Waals surface area contributed by atoms with Crippen LogP contribution in [0.1, 0.15) is 25.7 Å². The molecule has 0 aromatic rings. The molecular formula is C10H11N3. The van der Waals surface area contributed by atoms with Crippen LogP contribution >= 0.6 is 0 Å². The summed E-state index contributed by atoms with van der Waals surface area (Å²) in [5.74, 6) is 0. The van der Waals surface area contributed by atoms with E-state index in [1.165, 1.54) is 0 Å². The van der Waals surface area contributed by atoms with Crippen molar-refractivity contribution in [1.82, 2.24) is 0 Å². The SMILES string of the molecule is C=CC(C#N)(CCC#N)CCC#N. The molecule has 0 bridgehead atoms. The predicted octanol–water partition coefficient (Wildman–Crippen LogP) is 2.29. The van der Waals surface area contributed by atoms with Crippen LogP contribution in [-0.4, -0.2) is 0 Å². The number of hydrogen-bond donors (Lipinski definition) is 0. The third-order valence-electron chi connectivity index (χ3n) is 1.98. The molecule has 3 nitrogen and oxygen atoms in total. The number of nitrogens with zero attached hydrogens (tertiary/aromatic N) is 3. The van der Waals surface area contributed by atoms with Crippen molar-refractivity contribution in [3.05, 3.63) is 12.7 Å². The molecule has 0 atom stereocenters. The van der Waals surface area contributed by atoms with Gasteiger partial charge in [0.2, 0.25) is 0 Å². The maximum absolute atomic E-state index is 8.89. The van der Waals surface area contributed by atoms with Crippen molar-refractivity contribution in [2.24, 2.45) is 5.41 Å². The third-order valence-corrected chi connectivity index (χ3v) is 1.98. The first kappa shape index (κ1) is 11.2. The number of allylic oxidation sites excluding steroid dienone is 1. The Hall–Kier alpha value is -1.79. The minimum absolute atomic E-state index is 0.324. The highest BCUT2D eigenvalue weighted by atomic mass is 14.4. The van der Waals surface area contributed by atoms with Crippen molar-refractivity contribution in [2.45, 2.75) is 25.7 Å². The van der Waals surface area contributed by atoms with E-state index in [9.17, 15) is 0 Å². The van der Waals surface area contributed by atoms with Crippen LogP contribution in [0.15, 0.2) is 12.7 Å². The molecule has 0 saturated carbocycles. The van der Waals surface area contributed by atoms with Crippen LogP contribution in [0.25, 0.3) is 0 Å². The van der Waals surface area contributed by atoms with Crippen molar-refractivity contribution >= 4 is 0 Å². The Morgan fingerprint density at radius 3 is 1.77 bits per heavy atom. The number of nitriles is 3. The monoisotopic (exact) mass is 173 g/mol. The molecule has 0 N–H and O–H groups in total. The largest absolute Gasteiger partial charge is 0.198 e. The lowest BCUT2D eigenvalue weighted by Crippen LogP contribution is -2.14. The van der Waals surface area contributed by atoms with Crippen molar-refractivity contribution in [2.75, 3.05) is 0 Å². The molecule has 3 heteroatoms. The Kier molecular flexibility index (Phi) is 5.01. The van der Waals surface area contributed by atoms with Crippen LogP contribution in [-0.2, 0) is 0 Å². The third kappa shape index (κ3) is 3.41. The van der Waals surface area contributed by atoms with Crippen LogP contribution < -0.4 is 0 Å². The van der Waals surface area contributed by atoms with Gasteiger partial charge in [0.15, 0.2) is 0 Å². The molecule has 0 radical (unpaired) electrons. The fourth-order valence-electron chi connectivity index (χ4n) is 1.04. The molecule has 0 aliphatic carbocycles. The molecular weight excluding hydrogens is 162 g/mol. The minimum atomic E-state index is -0.689. The first-order chi connectivity index (χ1) is 6.24. The molecule has 0 aliphatic rings. The molecule has 0 saturated heterocycles. The maximum atomic E-state index is 8.89. The summed E-state index contributed by atoms with van der Waals surface area (Å²) >= 11 is 0. The van der Waals surface area contributed by atoms with Gasteiger partial charge in [-0.1, -0.05) is 6.08 Å². The zero-order chi connectivity index (χ0) is 10.2. The average molecular weight is 173 g/mol. The standard InChI is InChI=1S/C10H11N3/c1-2-10(9-13,5-3-7-11)6-4-8-12/h2H,1,3-6H2. The van der Waals surface area contributed by atoms with Crippen LogP contribution in [0.2, 0.25) is 0 Å². The van der Waals surface area contributed by atoms with Gasteiger partial charge in [-0.25, -0.2) is 0 Å². The molecule has 0 aliphatic heterocycles. The molecule has 66 valence electrons. The van der Waals surface area contributed by atoms with Gasteiger partial charge in [-0.3, -0.25) is 0 Å². The van der Waals surface area contributed by atoms with Crippen LogP contribution in [0.5, 0.6) is 0 Å². The van der Waals surface area contributed by atoms with Crippen molar-refractivity contribution in [3.63, 3.8) is 0 Å². The second-order valence-electron chi connectivity index (χ2n) is 2.79. The fraction of sp³-hybridized carbons (Fsp3) is 0.500. The first-order valence-electron chi connectivity index (χ1n) is 4.03. The van der Waals surface area contributed by atoms with Crippen molar-refractivity contribution in [3.8, 4) is 18.2 Å². The quantitative estimate of drug-likeness (QED) is 0.599. The Morgan fingerprint density at radius 2 is 1.54 bits per heavy atom. The summed E-state index contributed by atoms with van der Waals surface area (Å²) in [7, 11) is 0. The lowest BCUT2D eigenvalue weighted by atomic mass is 9.81. The zero-order valence-electron chi connectivity index (χ0n) is 7.45. The summed E-state index contributed by atoms with van der Waals surface area (Å²) in [6.07, 6.45) is 3.12. The Morgan fingerprint density at radius 1 is 1.08 bits per heavy atom. The van der Waals surface area contributed by atoms with Crippen LogP contribution in [0.4, 0.5) is 0 Å². The summed E-state index contributed by atoms with van der Waals surface area (Å²) < 4.78 is 0. The highest BCUT2D eigenvalue weighted by Gasteiger charge is 2.25. The van der Waals surface area contributed by atoms with Gasteiger partial charge >= 0.3 is 0 Å². The minimum Gasteiger partial charge on any atom is -0.198 e. The van der Waals surface area contributed by atoms with Gasteiger partial charge in [-0.2, -0.15) is 15.8 Å². The summed E-state index contributed by atoms with van der Waals surface area (Å²) in [5.41, 5.74) is -0.689. The van der Waals surface area contributed by atoms with E-state index in [-0.39, 0.29) is 0 Å². The summed E-state index contributed by atoms with van der Waals surface area (Å²) in [4.78, 5) is 0. The molecule has 0 fully saturated rings. The lowest BCUT2D eigenvalue weighted by Gasteiger charge is -2.19. The van der Waals surface area contributed by atoms with E-state index < -0.39 is 5.41 Å². The van der Waals surface area contributed by atoms with Gasteiger partial charge in [0.05, 0.1) is 23.6 Å². The average Bonchev–Trinajstić information content (AvgIpc) is 2.20. The van der Waals surface area contributed by atoms with Gasteiger partial charge < -0.3 is 0 Å². The summed E-state index contributed by atoms with van der Waals surface area (Å²) in [5, 5.41) is 25.7. The predicted molar refractivity (Wildman–Crippen MR) is 47.9 cm³/mol. The highest BCUT2D eigenvalue weighted by Crippen LogP contribution is 2.29. The summed E-state index contributed by atoms with van der Waals surface area (Å²) in [6.45, 7) is 3.57. The highest BCUT2D eigenvalue weighted by molar-refractivity contribution is 5.11. The van der Waals surface area contributed by atoms with Gasteiger partial charge in [-0.15, -0.1) is 6.58 Å². The van der Waals surface area contributed by atoms with Crippen molar-refractivity contribution < 1.29 is 0 Å². The lowest BCUT2D eigenvalue weighted by molar-refractivity contribution is 0.439. The van der Waals surface area contributed by atoms with E-state index in [0.29, 0.717) is 25.7 Å². The molecule has 0 heterocycles. The van der Waals surface area contributed by atoms with Gasteiger partial charge in [0.1, 0.15) is 0 Å². The first-order valence-corrected chi connectivity index (χ1v) is 4.03. The maximum Gasteiger partial charge on any atom is 0.0770 e. The Labute approximate surface area is 78.5 Å². The van der Waals surface area contributed by atoms with Crippen LogP contribution in [0.3, 0.4) is 0 Å². The van der Waals surface area contributed by atoms with Gasteiger partial charge in [0.25, 0.3) is 0 Å². The molecule has 0 aromatic carbocycles. The second-order valence-corrected chi connectivity index (χ2v) is 2.79. The Bertz CT molecular complexity index is 267.